The summed E-state index contributed by atoms with van der Waals surface area (Å²) < 4.78 is 9.65. The number of ether oxygens (including phenoxy) is 2. The van der Waals surface area contributed by atoms with Crippen LogP contribution in [-0.4, -0.2) is 44.1 Å². The lowest BCUT2D eigenvalue weighted by Crippen LogP contribution is -2.44. The van der Waals surface area contributed by atoms with E-state index in [0.717, 1.165) is 16.9 Å². The van der Waals surface area contributed by atoms with Gasteiger partial charge in [-0.3, -0.25) is 4.79 Å². The predicted molar refractivity (Wildman–Crippen MR) is 66.4 cm³/mol. The average Bonchev–Trinajstić information content (AvgIpc) is 2.85. The van der Waals surface area contributed by atoms with Gasteiger partial charge in [0, 0.05) is 18.5 Å². The van der Waals surface area contributed by atoms with Gasteiger partial charge < -0.3 is 14.4 Å². The first-order chi connectivity index (χ1) is 8.69. The number of rotatable bonds is 3. The van der Waals surface area contributed by atoms with Gasteiger partial charge in [0.05, 0.1) is 7.11 Å². The second-order valence-electron chi connectivity index (χ2n) is 3.99. The monoisotopic (exact) mass is 269 g/mol. The Morgan fingerprint density at radius 2 is 2.28 bits per heavy atom. The molecule has 0 aliphatic carbocycles. The molecule has 18 heavy (non-hydrogen) atoms. The Labute approximate surface area is 109 Å². The van der Waals surface area contributed by atoms with Crippen molar-refractivity contribution in [2.45, 2.75) is 12.5 Å². The van der Waals surface area contributed by atoms with E-state index in [4.69, 9.17) is 9.47 Å². The summed E-state index contributed by atoms with van der Waals surface area (Å²) in [4.78, 5) is 26.5. The van der Waals surface area contributed by atoms with E-state index in [9.17, 15) is 9.59 Å². The van der Waals surface area contributed by atoms with Crippen LogP contribution < -0.4 is 0 Å². The maximum atomic E-state index is 12.0. The predicted octanol–water partition coefficient (Wildman–Crippen LogP) is 0.993. The van der Waals surface area contributed by atoms with Crippen LogP contribution in [0.1, 0.15) is 16.5 Å². The van der Waals surface area contributed by atoms with Gasteiger partial charge in [0.25, 0.3) is 0 Å². The zero-order chi connectivity index (χ0) is 13.1. The van der Waals surface area contributed by atoms with Gasteiger partial charge in [-0.2, -0.15) is 0 Å². The van der Waals surface area contributed by atoms with Crippen molar-refractivity contribution in [2.75, 3.05) is 27.4 Å². The van der Waals surface area contributed by atoms with Gasteiger partial charge in [-0.25, -0.2) is 4.79 Å². The summed E-state index contributed by atoms with van der Waals surface area (Å²) >= 11 is 1.61. The molecule has 5 nitrogen and oxygen atoms in total. The van der Waals surface area contributed by atoms with E-state index in [1.807, 2.05) is 11.4 Å². The first kappa shape index (κ1) is 13.0. The lowest BCUT2D eigenvalue weighted by molar-refractivity contribution is -0.155. The minimum Gasteiger partial charge on any atom is -0.467 e. The molecule has 1 atom stereocenters. The van der Waals surface area contributed by atoms with Crippen LogP contribution in [0.15, 0.2) is 11.4 Å². The van der Waals surface area contributed by atoms with E-state index < -0.39 is 12.0 Å². The lowest BCUT2D eigenvalue weighted by atomic mass is 10.00. The Kier molecular flexibility index (Phi) is 3.98. The zero-order valence-electron chi connectivity index (χ0n) is 10.3. The van der Waals surface area contributed by atoms with Crippen LogP contribution in [0.5, 0.6) is 0 Å². The van der Waals surface area contributed by atoms with Crippen LogP contribution in [0.2, 0.25) is 0 Å². The molecule has 0 saturated heterocycles. The third-order valence-corrected chi connectivity index (χ3v) is 3.98. The quantitative estimate of drug-likeness (QED) is 0.768. The standard InChI is InChI=1S/C12H15NO4S/c1-16-7-10(14)13-5-3-9-8(4-6-18-9)11(13)12(15)17-2/h4,6,11H,3,5,7H2,1-2H3/t11-/m0/s1. The number of thiophene rings is 1. The number of fused-ring (bicyclic) bond motifs is 1. The second-order valence-corrected chi connectivity index (χ2v) is 5.00. The molecule has 0 radical (unpaired) electrons. The SMILES string of the molecule is COCC(=O)N1CCc2sccc2[C@H]1C(=O)OC. The summed E-state index contributed by atoms with van der Waals surface area (Å²) in [6.07, 6.45) is 0.774. The van der Waals surface area contributed by atoms with Crippen LogP contribution in [0, 0.1) is 0 Å². The van der Waals surface area contributed by atoms with Crippen molar-refractivity contribution in [2.24, 2.45) is 0 Å². The summed E-state index contributed by atoms with van der Waals surface area (Å²) in [7, 11) is 2.80. The first-order valence-corrected chi connectivity index (χ1v) is 6.49. The molecule has 1 aromatic rings. The fraction of sp³-hybridized carbons (Fsp3) is 0.500. The van der Waals surface area contributed by atoms with Gasteiger partial charge in [-0.1, -0.05) is 0 Å². The van der Waals surface area contributed by atoms with Crippen LogP contribution in [0.3, 0.4) is 0 Å². The molecule has 6 heteroatoms. The van der Waals surface area contributed by atoms with Crippen molar-refractivity contribution in [3.8, 4) is 0 Å². The molecule has 1 aliphatic heterocycles. The van der Waals surface area contributed by atoms with E-state index in [0.29, 0.717) is 6.54 Å². The van der Waals surface area contributed by atoms with Crippen molar-refractivity contribution in [3.05, 3.63) is 21.9 Å². The van der Waals surface area contributed by atoms with Gasteiger partial charge in [-0.15, -0.1) is 11.3 Å². The maximum absolute atomic E-state index is 12.0. The van der Waals surface area contributed by atoms with Crippen molar-refractivity contribution < 1.29 is 19.1 Å². The van der Waals surface area contributed by atoms with Crippen LogP contribution in [-0.2, 0) is 25.5 Å². The van der Waals surface area contributed by atoms with Gasteiger partial charge in [0.15, 0.2) is 6.04 Å². The first-order valence-electron chi connectivity index (χ1n) is 5.61. The number of esters is 1. The molecule has 1 aromatic heterocycles. The summed E-state index contributed by atoms with van der Waals surface area (Å²) in [6.45, 7) is 0.502. The van der Waals surface area contributed by atoms with Crippen LogP contribution in [0.25, 0.3) is 0 Å². The summed E-state index contributed by atoms with van der Waals surface area (Å²) in [6, 6.07) is 1.25. The molecule has 0 N–H and O–H groups in total. The Morgan fingerprint density at radius 1 is 1.50 bits per heavy atom. The van der Waals surface area contributed by atoms with E-state index in [2.05, 4.69) is 0 Å². The van der Waals surface area contributed by atoms with E-state index >= 15 is 0 Å². The molecule has 0 bridgehead atoms. The third-order valence-electron chi connectivity index (χ3n) is 2.98. The van der Waals surface area contributed by atoms with Gasteiger partial charge in [0.1, 0.15) is 6.61 Å². The molecular weight excluding hydrogens is 254 g/mol. The Hall–Kier alpha value is -1.40. The molecule has 1 aliphatic rings. The Bertz CT molecular complexity index is 457. The normalized spacial score (nSPS) is 18.3. The van der Waals surface area contributed by atoms with Crippen molar-refractivity contribution in [1.82, 2.24) is 4.90 Å². The zero-order valence-corrected chi connectivity index (χ0v) is 11.2. The fourth-order valence-electron chi connectivity index (χ4n) is 2.16. The topological polar surface area (TPSA) is 55.8 Å². The highest BCUT2D eigenvalue weighted by Gasteiger charge is 2.37. The van der Waals surface area contributed by atoms with Gasteiger partial charge in [-0.05, 0) is 23.4 Å². The highest BCUT2D eigenvalue weighted by atomic mass is 32.1. The number of carbonyl (C=O) groups excluding carboxylic acids is 2. The molecule has 0 unspecified atom stereocenters. The number of carbonyl (C=O) groups is 2. The minimum atomic E-state index is -0.632. The smallest absolute Gasteiger partial charge is 0.333 e. The Balaban J connectivity index is 2.31. The second kappa shape index (κ2) is 5.49. The van der Waals surface area contributed by atoms with E-state index in [-0.39, 0.29) is 12.5 Å². The molecule has 0 fully saturated rings. The molecule has 0 spiro atoms. The Morgan fingerprint density at radius 3 is 2.94 bits per heavy atom. The van der Waals surface area contributed by atoms with Gasteiger partial charge in [0.2, 0.25) is 5.91 Å². The fourth-order valence-corrected chi connectivity index (χ4v) is 3.06. The summed E-state index contributed by atoms with van der Waals surface area (Å²) in [5.74, 6) is -0.594. The van der Waals surface area contributed by atoms with Crippen LogP contribution >= 0.6 is 11.3 Å². The molecular formula is C12H15NO4S. The van der Waals surface area contributed by atoms with Crippen molar-refractivity contribution in [3.63, 3.8) is 0 Å². The van der Waals surface area contributed by atoms with Crippen LogP contribution in [0.4, 0.5) is 0 Å². The van der Waals surface area contributed by atoms with Crippen molar-refractivity contribution in [1.29, 1.82) is 0 Å². The number of methoxy groups -OCH3 is 2. The third kappa shape index (κ3) is 2.26. The highest BCUT2D eigenvalue weighted by molar-refractivity contribution is 7.10. The van der Waals surface area contributed by atoms with Gasteiger partial charge >= 0.3 is 5.97 Å². The number of hydrogen-bond acceptors (Lipinski definition) is 5. The van der Waals surface area contributed by atoms with E-state index in [1.54, 1.807) is 11.3 Å². The lowest BCUT2D eigenvalue weighted by Gasteiger charge is -2.33. The molecule has 2 heterocycles. The molecule has 0 saturated carbocycles. The molecule has 2 rings (SSSR count). The summed E-state index contributed by atoms with van der Waals surface area (Å²) in [5, 5.41) is 1.94. The molecule has 1 amide bonds. The summed E-state index contributed by atoms with van der Waals surface area (Å²) in [5.41, 5.74) is 0.877. The number of nitrogens with zero attached hydrogens (tertiary/aromatic N) is 1. The van der Waals surface area contributed by atoms with Crippen molar-refractivity contribution >= 4 is 23.2 Å². The molecule has 0 aromatic carbocycles. The molecule has 98 valence electrons. The number of amides is 1. The number of hydrogen-bond donors (Lipinski definition) is 0. The largest absolute Gasteiger partial charge is 0.467 e. The van der Waals surface area contributed by atoms with E-state index in [1.165, 1.54) is 19.1 Å². The highest BCUT2D eigenvalue weighted by Crippen LogP contribution is 2.34. The average molecular weight is 269 g/mol. The minimum absolute atomic E-state index is 0.0209. The maximum Gasteiger partial charge on any atom is 0.333 e.